The van der Waals surface area contributed by atoms with Crippen LogP contribution in [0.25, 0.3) is 0 Å². The van der Waals surface area contributed by atoms with Crippen molar-refractivity contribution in [1.82, 2.24) is 10.2 Å². The normalized spacial score (nSPS) is 10.2. The lowest BCUT2D eigenvalue weighted by Crippen LogP contribution is -2.39. The zero-order valence-electron chi connectivity index (χ0n) is 15.6. The van der Waals surface area contributed by atoms with Crippen molar-refractivity contribution in [3.05, 3.63) is 59.4 Å². The van der Waals surface area contributed by atoms with Gasteiger partial charge in [-0.3, -0.25) is 9.59 Å². The van der Waals surface area contributed by atoms with E-state index in [1.54, 1.807) is 43.5 Å². The standard InChI is InChI=1S/C20H23FN2O4/c1-14(24)23(12-15-8-9-18(26-2)19(10-15)27-3)13-20(25)22-11-16-6-4-5-7-17(16)21/h4-10H,11-13H2,1-3H3,(H,22,25). The molecule has 2 aromatic carbocycles. The van der Waals surface area contributed by atoms with Crippen LogP contribution in [0.2, 0.25) is 0 Å². The summed E-state index contributed by atoms with van der Waals surface area (Å²) in [5, 5.41) is 2.63. The Bertz CT molecular complexity index is 810. The Morgan fingerprint density at radius 3 is 2.41 bits per heavy atom. The fraction of sp³-hybridized carbons (Fsp3) is 0.300. The first-order valence-electron chi connectivity index (χ1n) is 8.41. The third kappa shape index (κ3) is 5.70. The van der Waals surface area contributed by atoms with E-state index < -0.39 is 0 Å². The van der Waals surface area contributed by atoms with Crippen molar-refractivity contribution in [2.45, 2.75) is 20.0 Å². The fourth-order valence-electron chi connectivity index (χ4n) is 2.54. The molecule has 27 heavy (non-hydrogen) atoms. The van der Waals surface area contributed by atoms with Crippen LogP contribution in [0.4, 0.5) is 4.39 Å². The van der Waals surface area contributed by atoms with E-state index in [2.05, 4.69) is 5.32 Å². The van der Waals surface area contributed by atoms with Crippen LogP contribution in [0.3, 0.4) is 0 Å². The molecule has 2 amide bonds. The van der Waals surface area contributed by atoms with E-state index in [1.165, 1.54) is 25.0 Å². The van der Waals surface area contributed by atoms with E-state index in [1.807, 2.05) is 0 Å². The summed E-state index contributed by atoms with van der Waals surface area (Å²) in [5.41, 5.74) is 1.19. The number of hydrogen-bond acceptors (Lipinski definition) is 4. The molecule has 0 heterocycles. The maximum atomic E-state index is 13.6. The summed E-state index contributed by atoms with van der Waals surface area (Å²) in [7, 11) is 3.07. The van der Waals surface area contributed by atoms with Gasteiger partial charge in [0.05, 0.1) is 20.8 Å². The highest BCUT2D eigenvalue weighted by atomic mass is 19.1. The Labute approximate surface area is 157 Å². The van der Waals surface area contributed by atoms with Crippen LogP contribution in [0.5, 0.6) is 11.5 Å². The van der Waals surface area contributed by atoms with Crippen LogP contribution >= 0.6 is 0 Å². The van der Waals surface area contributed by atoms with Crippen molar-refractivity contribution < 1.29 is 23.5 Å². The van der Waals surface area contributed by atoms with Gasteiger partial charge in [-0.2, -0.15) is 0 Å². The topological polar surface area (TPSA) is 67.9 Å². The van der Waals surface area contributed by atoms with Crippen LogP contribution < -0.4 is 14.8 Å². The van der Waals surface area contributed by atoms with Crippen LogP contribution in [0.1, 0.15) is 18.1 Å². The molecular weight excluding hydrogens is 351 g/mol. The molecular formula is C20H23FN2O4. The van der Waals surface area contributed by atoms with Gasteiger partial charge in [0.2, 0.25) is 11.8 Å². The van der Waals surface area contributed by atoms with Gasteiger partial charge in [0.25, 0.3) is 0 Å². The largest absolute Gasteiger partial charge is 0.493 e. The number of ether oxygens (including phenoxy) is 2. The lowest BCUT2D eigenvalue weighted by molar-refractivity contribution is -0.135. The number of rotatable bonds is 8. The molecule has 2 aromatic rings. The second-order valence-electron chi connectivity index (χ2n) is 5.93. The van der Waals surface area contributed by atoms with E-state index >= 15 is 0 Å². The van der Waals surface area contributed by atoms with Gasteiger partial charge in [0.1, 0.15) is 5.82 Å². The molecule has 0 saturated carbocycles. The van der Waals surface area contributed by atoms with E-state index in [9.17, 15) is 14.0 Å². The van der Waals surface area contributed by atoms with E-state index in [4.69, 9.17) is 9.47 Å². The van der Waals surface area contributed by atoms with E-state index in [0.717, 1.165) is 5.56 Å². The predicted octanol–water partition coefficient (Wildman–Crippen LogP) is 2.51. The summed E-state index contributed by atoms with van der Waals surface area (Å²) in [4.78, 5) is 25.5. The van der Waals surface area contributed by atoms with Crippen molar-refractivity contribution >= 4 is 11.8 Å². The maximum Gasteiger partial charge on any atom is 0.239 e. The lowest BCUT2D eigenvalue weighted by atomic mass is 10.2. The molecule has 2 rings (SSSR count). The fourth-order valence-corrected chi connectivity index (χ4v) is 2.54. The van der Waals surface area contributed by atoms with Crippen molar-refractivity contribution in [3.8, 4) is 11.5 Å². The molecule has 0 unspecified atom stereocenters. The van der Waals surface area contributed by atoms with Gasteiger partial charge in [-0.15, -0.1) is 0 Å². The van der Waals surface area contributed by atoms with Gasteiger partial charge in [0, 0.05) is 25.6 Å². The van der Waals surface area contributed by atoms with Gasteiger partial charge < -0.3 is 19.7 Å². The minimum Gasteiger partial charge on any atom is -0.493 e. The van der Waals surface area contributed by atoms with Gasteiger partial charge >= 0.3 is 0 Å². The summed E-state index contributed by atoms with van der Waals surface area (Å²) in [6.45, 7) is 1.57. The molecule has 0 saturated heterocycles. The van der Waals surface area contributed by atoms with Gasteiger partial charge in [0.15, 0.2) is 11.5 Å². The molecule has 1 N–H and O–H groups in total. The molecule has 0 aliphatic heterocycles. The summed E-state index contributed by atoms with van der Waals surface area (Å²) in [6, 6.07) is 11.5. The number of carbonyl (C=O) groups excluding carboxylic acids is 2. The summed E-state index contributed by atoms with van der Waals surface area (Å²) < 4.78 is 24.1. The van der Waals surface area contributed by atoms with Gasteiger partial charge in [-0.1, -0.05) is 24.3 Å². The molecule has 0 aliphatic carbocycles. The number of carbonyl (C=O) groups is 2. The third-order valence-corrected chi connectivity index (χ3v) is 4.04. The summed E-state index contributed by atoms with van der Waals surface area (Å²) in [5.74, 6) is 0.132. The average Bonchev–Trinajstić information content (AvgIpc) is 2.66. The first-order valence-corrected chi connectivity index (χ1v) is 8.41. The highest BCUT2D eigenvalue weighted by molar-refractivity contribution is 5.83. The van der Waals surface area contributed by atoms with E-state index in [-0.39, 0.29) is 37.3 Å². The van der Waals surface area contributed by atoms with Gasteiger partial charge in [-0.05, 0) is 23.8 Å². The smallest absolute Gasteiger partial charge is 0.239 e. The number of nitrogens with zero attached hydrogens (tertiary/aromatic N) is 1. The monoisotopic (exact) mass is 374 g/mol. The van der Waals surface area contributed by atoms with Gasteiger partial charge in [-0.25, -0.2) is 4.39 Å². The Morgan fingerprint density at radius 2 is 1.78 bits per heavy atom. The molecule has 144 valence electrons. The minimum atomic E-state index is -0.383. The summed E-state index contributed by atoms with van der Waals surface area (Å²) in [6.07, 6.45) is 0. The highest BCUT2D eigenvalue weighted by Gasteiger charge is 2.16. The lowest BCUT2D eigenvalue weighted by Gasteiger charge is -2.21. The number of methoxy groups -OCH3 is 2. The Morgan fingerprint density at radius 1 is 1.07 bits per heavy atom. The molecule has 0 radical (unpaired) electrons. The third-order valence-electron chi connectivity index (χ3n) is 4.04. The quantitative estimate of drug-likeness (QED) is 0.771. The van der Waals surface area contributed by atoms with Crippen molar-refractivity contribution in [2.75, 3.05) is 20.8 Å². The molecule has 0 atom stereocenters. The number of nitrogens with one attached hydrogen (secondary N) is 1. The van der Waals surface area contributed by atoms with Crippen molar-refractivity contribution in [3.63, 3.8) is 0 Å². The molecule has 0 fully saturated rings. The first-order chi connectivity index (χ1) is 12.9. The van der Waals surface area contributed by atoms with Crippen molar-refractivity contribution in [1.29, 1.82) is 0 Å². The second kappa shape index (κ2) is 9.56. The average molecular weight is 374 g/mol. The highest BCUT2D eigenvalue weighted by Crippen LogP contribution is 2.28. The summed E-state index contributed by atoms with van der Waals surface area (Å²) >= 11 is 0. The van der Waals surface area contributed by atoms with Crippen LogP contribution in [0.15, 0.2) is 42.5 Å². The molecule has 0 aromatic heterocycles. The Kier molecular flexibility index (Phi) is 7.16. The number of hydrogen-bond donors (Lipinski definition) is 1. The molecule has 0 aliphatic rings. The zero-order valence-corrected chi connectivity index (χ0v) is 15.6. The van der Waals surface area contributed by atoms with Crippen LogP contribution in [-0.4, -0.2) is 37.5 Å². The number of amides is 2. The van der Waals surface area contributed by atoms with E-state index in [0.29, 0.717) is 17.1 Å². The molecule has 7 heteroatoms. The first kappa shape index (κ1) is 20.2. The minimum absolute atomic E-state index is 0.0631. The SMILES string of the molecule is COc1ccc(CN(CC(=O)NCc2ccccc2F)C(C)=O)cc1OC. The predicted molar refractivity (Wildman–Crippen MR) is 98.9 cm³/mol. The van der Waals surface area contributed by atoms with Crippen LogP contribution in [-0.2, 0) is 22.7 Å². The Hall–Kier alpha value is -3.09. The Balaban J connectivity index is 2.00. The van der Waals surface area contributed by atoms with Crippen LogP contribution in [0, 0.1) is 5.82 Å². The number of benzene rings is 2. The maximum absolute atomic E-state index is 13.6. The second-order valence-corrected chi connectivity index (χ2v) is 5.93. The molecule has 0 bridgehead atoms. The zero-order chi connectivity index (χ0) is 19.8. The molecule has 0 spiro atoms. The number of halogens is 1. The molecule has 6 nitrogen and oxygen atoms in total. The van der Waals surface area contributed by atoms with Crippen molar-refractivity contribution in [2.24, 2.45) is 0 Å².